The lowest BCUT2D eigenvalue weighted by atomic mass is 10.1. The highest BCUT2D eigenvalue weighted by Gasteiger charge is 2.31. The third-order valence-corrected chi connectivity index (χ3v) is 4.11. The fraction of sp³-hybridized carbons (Fsp3) is 0.200. The first-order valence-corrected chi connectivity index (χ1v) is 9.19. The number of ether oxygens (including phenoxy) is 1. The predicted molar refractivity (Wildman–Crippen MR) is 105 cm³/mol. The maximum absolute atomic E-state index is 13.0. The molecular formula is C20H16F4N4O4. The molecule has 0 spiro atoms. The van der Waals surface area contributed by atoms with Crippen LogP contribution in [0, 0.1) is 5.82 Å². The van der Waals surface area contributed by atoms with E-state index in [0.717, 1.165) is 29.3 Å². The van der Waals surface area contributed by atoms with Gasteiger partial charge in [-0.05, 0) is 36.4 Å². The van der Waals surface area contributed by atoms with Crippen LogP contribution in [-0.4, -0.2) is 41.3 Å². The van der Waals surface area contributed by atoms with E-state index in [1.807, 2.05) is 0 Å². The molecule has 0 radical (unpaired) electrons. The fourth-order valence-corrected chi connectivity index (χ4v) is 2.73. The van der Waals surface area contributed by atoms with Crippen LogP contribution in [0.15, 0.2) is 53.6 Å². The Kier molecular flexibility index (Phi) is 6.71. The number of carbonyl (C=O) groups excluding carboxylic acids is 3. The molecule has 0 bridgehead atoms. The van der Waals surface area contributed by atoms with Crippen molar-refractivity contribution >= 4 is 34.8 Å². The number of amides is 3. The van der Waals surface area contributed by atoms with E-state index in [-0.39, 0.29) is 24.2 Å². The van der Waals surface area contributed by atoms with Gasteiger partial charge in [-0.2, -0.15) is 5.10 Å². The normalized spacial score (nSPS) is 13.9. The van der Waals surface area contributed by atoms with Gasteiger partial charge in [0.1, 0.15) is 23.8 Å². The number of hydrogen-bond acceptors (Lipinski definition) is 5. The summed E-state index contributed by atoms with van der Waals surface area (Å²) in [5, 5.41) is 9.56. The van der Waals surface area contributed by atoms with E-state index in [2.05, 4.69) is 20.5 Å². The summed E-state index contributed by atoms with van der Waals surface area (Å²) in [6.07, 6.45) is -4.92. The van der Waals surface area contributed by atoms with Crippen molar-refractivity contribution in [3.63, 3.8) is 0 Å². The first-order valence-electron chi connectivity index (χ1n) is 9.19. The zero-order chi connectivity index (χ0) is 23.3. The Morgan fingerprint density at radius 1 is 1.03 bits per heavy atom. The van der Waals surface area contributed by atoms with Crippen molar-refractivity contribution in [1.82, 2.24) is 5.01 Å². The average molecular weight is 452 g/mol. The van der Waals surface area contributed by atoms with Crippen molar-refractivity contribution in [2.75, 3.05) is 17.2 Å². The van der Waals surface area contributed by atoms with Crippen LogP contribution in [0.3, 0.4) is 0 Å². The molecule has 1 heterocycles. The van der Waals surface area contributed by atoms with Crippen LogP contribution in [0.25, 0.3) is 0 Å². The Hall–Kier alpha value is -3.96. The second-order valence-electron chi connectivity index (χ2n) is 6.58. The average Bonchev–Trinajstić information content (AvgIpc) is 2.70. The third kappa shape index (κ3) is 6.52. The monoisotopic (exact) mass is 452 g/mol. The molecule has 2 N–H and O–H groups in total. The highest BCUT2D eigenvalue weighted by molar-refractivity contribution is 6.43. The molecule has 2 aromatic carbocycles. The van der Waals surface area contributed by atoms with Crippen molar-refractivity contribution in [3.8, 4) is 5.75 Å². The standard InChI is InChI=1S/C20H16F4N4O4/c21-12-4-6-13(7-5-12)26-19(31)16-8-9-18(30)28(27-16)11-17(29)25-14-2-1-3-15(10-14)32-20(22,23)24/h1-7,10H,8-9,11H2,(H,25,29)(H,26,31). The molecule has 8 nitrogen and oxygen atoms in total. The molecule has 1 aliphatic rings. The van der Waals surface area contributed by atoms with E-state index >= 15 is 0 Å². The van der Waals surface area contributed by atoms with E-state index in [0.29, 0.717) is 5.69 Å². The number of alkyl halides is 3. The van der Waals surface area contributed by atoms with Crippen molar-refractivity contribution in [2.24, 2.45) is 5.10 Å². The van der Waals surface area contributed by atoms with E-state index in [9.17, 15) is 31.9 Å². The van der Waals surface area contributed by atoms with Crippen molar-refractivity contribution in [2.45, 2.75) is 19.2 Å². The molecule has 0 fully saturated rings. The highest BCUT2D eigenvalue weighted by atomic mass is 19.4. The lowest BCUT2D eigenvalue weighted by Gasteiger charge is -2.22. The molecule has 0 saturated carbocycles. The van der Waals surface area contributed by atoms with Crippen molar-refractivity contribution in [3.05, 3.63) is 54.3 Å². The van der Waals surface area contributed by atoms with Gasteiger partial charge in [0.25, 0.3) is 5.91 Å². The van der Waals surface area contributed by atoms with Gasteiger partial charge in [0.2, 0.25) is 11.8 Å². The van der Waals surface area contributed by atoms with Crippen LogP contribution in [0.5, 0.6) is 5.75 Å². The third-order valence-electron chi connectivity index (χ3n) is 4.11. The van der Waals surface area contributed by atoms with Crippen LogP contribution in [0.1, 0.15) is 12.8 Å². The number of nitrogens with one attached hydrogen (secondary N) is 2. The molecule has 3 rings (SSSR count). The van der Waals surface area contributed by atoms with Gasteiger partial charge < -0.3 is 15.4 Å². The largest absolute Gasteiger partial charge is 0.573 e. The van der Waals surface area contributed by atoms with E-state index < -0.39 is 42.2 Å². The van der Waals surface area contributed by atoms with Crippen molar-refractivity contribution in [1.29, 1.82) is 0 Å². The van der Waals surface area contributed by atoms with Crippen molar-refractivity contribution < 1.29 is 36.7 Å². The Labute approximate surface area is 178 Å². The van der Waals surface area contributed by atoms with Gasteiger partial charge in [0.05, 0.1) is 0 Å². The Morgan fingerprint density at radius 3 is 2.44 bits per heavy atom. The number of hydrazone groups is 1. The topological polar surface area (TPSA) is 100 Å². The molecule has 0 aromatic heterocycles. The summed E-state index contributed by atoms with van der Waals surface area (Å²) < 4.78 is 53.7. The molecular weight excluding hydrogens is 436 g/mol. The summed E-state index contributed by atoms with van der Waals surface area (Å²) in [6, 6.07) is 9.64. The molecule has 0 unspecified atom stereocenters. The lowest BCUT2D eigenvalue weighted by molar-refractivity contribution is -0.274. The maximum Gasteiger partial charge on any atom is 0.573 e. The molecule has 0 saturated heterocycles. The molecule has 3 amide bonds. The molecule has 12 heteroatoms. The quantitative estimate of drug-likeness (QED) is 0.657. The molecule has 1 aliphatic heterocycles. The van der Waals surface area contributed by atoms with Gasteiger partial charge in [-0.1, -0.05) is 6.07 Å². The molecule has 168 valence electrons. The second kappa shape index (κ2) is 9.45. The van der Waals surface area contributed by atoms with Crippen LogP contribution < -0.4 is 15.4 Å². The Bertz CT molecular complexity index is 1050. The predicted octanol–water partition coefficient (Wildman–Crippen LogP) is 3.28. The van der Waals surface area contributed by atoms with Gasteiger partial charge in [0, 0.05) is 30.3 Å². The number of benzene rings is 2. The summed E-state index contributed by atoms with van der Waals surface area (Å²) in [7, 11) is 0. The van der Waals surface area contributed by atoms with Gasteiger partial charge in [-0.3, -0.25) is 14.4 Å². The zero-order valence-corrected chi connectivity index (χ0v) is 16.3. The molecule has 2 aromatic rings. The van der Waals surface area contributed by atoms with Crippen LogP contribution in [0.2, 0.25) is 0 Å². The first kappa shape index (κ1) is 22.7. The van der Waals surface area contributed by atoms with Gasteiger partial charge >= 0.3 is 6.36 Å². The number of nitrogens with zero attached hydrogens (tertiary/aromatic N) is 2. The first-order chi connectivity index (χ1) is 15.1. The maximum atomic E-state index is 13.0. The van der Waals surface area contributed by atoms with E-state index in [4.69, 9.17) is 0 Å². The summed E-state index contributed by atoms with van der Waals surface area (Å²) in [5.41, 5.74) is 0.322. The Balaban J connectivity index is 1.63. The molecule has 32 heavy (non-hydrogen) atoms. The summed E-state index contributed by atoms with van der Waals surface area (Å²) in [5.74, 6) is -2.87. The lowest BCUT2D eigenvalue weighted by Crippen LogP contribution is -2.40. The van der Waals surface area contributed by atoms with Crippen LogP contribution in [-0.2, 0) is 14.4 Å². The van der Waals surface area contributed by atoms with Gasteiger partial charge in [-0.15, -0.1) is 13.2 Å². The number of halogens is 4. The number of anilines is 2. The minimum Gasteiger partial charge on any atom is -0.406 e. The number of carbonyl (C=O) groups is 3. The number of hydrogen-bond donors (Lipinski definition) is 2. The highest BCUT2D eigenvalue weighted by Crippen LogP contribution is 2.25. The zero-order valence-electron chi connectivity index (χ0n) is 16.3. The van der Waals surface area contributed by atoms with Crippen LogP contribution in [0.4, 0.5) is 28.9 Å². The van der Waals surface area contributed by atoms with Gasteiger partial charge in [-0.25, -0.2) is 9.40 Å². The van der Waals surface area contributed by atoms with E-state index in [1.54, 1.807) is 0 Å². The number of rotatable bonds is 6. The smallest absolute Gasteiger partial charge is 0.406 e. The minimum absolute atomic E-state index is 0.0118. The summed E-state index contributed by atoms with van der Waals surface area (Å²) >= 11 is 0. The van der Waals surface area contributed by atoms with Gasteiger partial charge in [0.15, 0.2) is 0 Å². The molecule has 0 atom stereocenters. The minimum atomic E-state index is -4.89. The van der Waals surface area contributed by atoms with E-state index in [1.165, 1.54) is 24.3 Å². The summed E-state index contributed by atoms with van der Waals surface area (Å²) in [6.45, 7) is -0.559. The summed E-state index contributed by atoms with van der Waals surface area (Å²) in [4.78, 5) is 36.7. The SMILES string of the molecule is O=C(CN1N=C(C(=O)Nc2ccc(F)cc2)CCC1=O)Nc1cccc(OC(F)(F)F)c1. The Morgan fingerprint density at radius 2 is 1.75 bits per heavy atom. The fourth-order valence-electron chi connectivity index (χ4n) is 2.73. The molecule has 0 aliphatic carbocycles. The van der Waals surface area contributed by atoms with Crippen LogP contribution >= 0.6 is 0 Å². The second-order valence-corrected chi connectivity index (χ2v) is 6.58.